The smallest absolute Gasteiger partial charge is 0.315 e. The van der Waals surface area contributed by atoms with E-state index in [-0.39, 0.29) is 23.9 Å². The van der Waals surface area contributed by atoms with Gasteiger partial charge in [-0.2, -0.15) is 0 Å². The second kappa shape index (κ2) is 10.5. The number of hydrogen-bond acceptors (Lipinski definition) is 3. The third-order valence-electron chi connectivity index (χ3n) is 4.74. The van der Waals surface area contributed by atoms with Crippen molar-refractivity contribution in [2.75, 3.05) is 7.11 Å². The molecule has 0 bridgehead atoms. The van der Waals surface area contributed by atoms with Crippen LogP contribution in [-0.4, -0.2) is 25.1 Å². The average molecular weight is 398 g/mol. The fourth-order valence-corrected chi connectivity index (χ4v) is 3.08. The summed E-state index contributed by atoms with van der Waals surface area (Å²) < 4.78 is 5.42. The zero-order valence-electron chi connectivity index (χ0n) is 17.8. The zero-order valence-corrected chi connectivity index (χ0v) is 17.8. The summed E-state index contributed by atoms with van der Waals surface area (Å²) in [5.74, 6) is 0.424. The first kappa shape index (κ1) is 22.3. The van der Waals surface area contributed by atoms with E-state index in [0.717, 1.165) is 22.4 Å². The molecule has 0 aliphatic rings. The molecular formula is C23H31N3O3. The van der Waals surface area contributed by atoms with Crippen molar-refractivity contribution in [1.29, 1.82) is 0 Å². The molecule has 3 N–H and O–H groups in total. The van der Waals surface area contributed by atoms with Crippen LogP contribution >= 0.6 is 0 Å². The van der Waals surface area contributed by atoms with Crippen LogP contribution in [0.1, 0.15) is 43.5 Å². The molecule has 2 aromatic rings. The minimum Gasteiger partial charge on any atom is -0.496 e. The summed E-state index contributed by atoms with van der Waals surface area (Å²) in [5.41, 5.74) is 2.98. The van der Waals surface area contributed by atoms with Crippen LogP contribution in [0.15, 0.2) is 48.5 Å². The molecular weight excluding hydrogens is 366 g/mol. The van der Waals surface area contributed by atoms with Gasteiger partial charge in [-0.05, 0) is 31.4 Å². The molecule has 2 rings (SSSR count). The van der Waals surface area contributed by atoms with E-state index in [1.165, 1.54) is 0 Å². The molecule has 0 spiro atoms. The number of ether oxygens (including phenoxy) is 1. The van der Waals surface area contributed by atoms with Crippen molar-refractivity contribution < 1.29 is 14.3 Å². The molecule has 0 aliphatic heterocycles. The van der Waals surface area contributed by atoms with E-state index in [4.69, 9.17) is 4.74 Å². The quantitative estimate of drug-likeness (QED) is 0.635. The lowest BCUT2D eigenvalue weighted by molar-refractivity contribution is -0.124. The van der Waals surface area contributed by atoms with Crippen molar-refractivity contribution in [2.24, 2.45) is 5.92 Å². The minimum absolute atomic E-state index is 0.0657. The highest BCUT2D eigenvalue weighted by Gasteiger charge is 2.26. The number of carbonyl (C=O) groups is 2. The molecule has 0 saturated heterocycles. The largest absolute Gasteiger partial charge is 0.496 e. The van der Waals surface area contributed by atoms with Gasteiger partial charge in [-0.3, -0.25) is 4.79 Å². The second-order valence-corrected chi connectivity index (χ2v) is 7.51. The Labute approximate surface area is 173 Å². The maximum Gasteiger partial charge on any atom is 0.315 e. The van der Waals surface area contributed by atoms with E-state index < -0.39 is 6.04 Å². The van der Waals surface area contributed by atoms with Gasteiger partial charge in [0.05, 0.1) is 13.2 Å². The molecule has 156 valence electrons. The molecule has 0 saturated carbocycles. The maximum absolute atomic E-state index is 12.9. The van der Waals surface area contributed by atoms with Gasteiger partial charge in [0, 0.05) is 12.1 Å². The molecule has 0 aliphatic carbocycles. The second-order valence-electron chi connectivity index (χ2n) is 7.51. The topological polar surface area (TPSA) is 79.5 Å². The molecule has 6 heteroatoms. The number of methoxy groups -OCH3 is 1. The standard InChI is InChI=1S/C23H31N3O3/c1-15(2)21(26-23(28)24-14-18-9-7-6-8-10-18)22(27)25-17(4)19-13-16(3)11-12-20(19)29-5/h6-13,15,17,21H,14H2,1-5H3,(H,25,27)(H2,24,26,28). The number of aryl methyl sites for hydroxylation is 1. The summed E-state index contributed by atoms with van der Waals surface area (Å²) in [6, 6.07) is 14.2. The molecule has 2 aromatic carbocycles. The molecule has 0 aromatic heterocycles. The first-order valence-electron chi connectivity index (χ1n) is 9.85. The lowest BCUT2D eigenvalue weighted by atomic mass is 10.0. The van der Waals surface area contributed by atoms with Gasteiger partial charge in [-0.25, -0.2) is 4.79 Å². The van der Waals surface area contributed by atoms with Gasteiger partial charge in [0.25, 0.3) is 0 Å². The van der Waals surface area contributed by atoms with Gasteiger partial charge in [-0.15, -0.1) is 0 Å². The Hall–Kier alpha value is -3.02. The van der Waals surface area contributed by atoms with Gasteiger partial charge in [0.2, 0.25) is 5.91 Å². The van der Waals surface area contributed by atoms with Crippen molar-refractivity contribution in [1.82, 2.24) is 16.0 Å². The predicted octanol–water partition coefficient (Wildman–Crippen LogP) is 3.70. The van der Waals surface area contributed by atoms with Crippen molar-refractivity contribution in [3.63, 3.8) is 0 Å². The highest BCUT2D eigenvalue weighted by molar-refractivity contribution is 5.87. The Kier molecular flexibility index (Phi) is 8.07. The van der Waals surface area contributed by atoms with Crippen molar-refractivity contribution in [3.05, 3.63) is 65.2 Å². The summed E-state index contributed by atoms with van der Waals surface area (Å²) >= 11 is 0. The Morgan fingerprint density at radius 3 is 2.31 bits per heavy atom. The Bertz CT molecular complexity index is 821. The third kappa shape index (κ3) is 6.52. The first-order valence-corrected chi connectivity index (χ1v) is 9.85. The van der Waals surface area contributed by atoms with Crippen LogP contribution in [0.25, 0.3) is 0 Å². The summed E-state index contributed by atoms with van der Waals surface area (Å²) in [6.07, 6.45) is 0. The summed E-state index contributed by atoms with van der Waals surface area (Å²) in [7, 11) is 1.61. The summed E-state index contributed by atoms with van der Waals surface area (Å²) in [4.78, 5) is 25.2. The van der Waals surface area contributed by atoms with E-state index in [1.54, 1.807) is 7.11 Å². The number of carbonyl (C=O) groups excluding carboxylic acids is 2. The highest BCUT2D eigenvalue weighted by atomic mass is 16.5. The fraction of sp³-hybridized carbons (Fsp3) is 0.391. The van der Waals surface area contributed by atoms with Crippen molar-refractivity contribution >= 4 is 11.9 Å². The van der Waals surface area contributed by atoms with Gasteiger partial charge in [0.15, 0.2) is 0 Å². The number of urea groups is 1. The van der Waals surface area contributed by atoms with Crippen LogP contribution in [0.5, 0.6) is 5.75 Å². The average Bonchev–Trinajstić information content (AvgIpc) is 2.70. The summed E-state index contributed by atoms with van der Waals surface area (Å²) in [6.45, 7) is 8.10. The lowest BCUT2D eigenvalue weighted by Gasteiger charge is -2.25. The number of amides is 3. The van der Waals surface area contributed by atoms with Crippen LogP contribution in [0, 0.1) is 12.8 Å². The van der Waals surface area contributed by atoms with E-state index in [1.807, 2.05) is 76.2 Å². The van der Waals surface area contributed by atoms with E-state index in [9.17, 15) is 9.59 Å². The van der Waals surface area contributed by atoms with Crippen LogP contribution in [0.3, 0.4) is 0 Å². The summed E-state index contributed by atoms with van der Waals surface area (Å²) in [5, 5.41) is 8.59. The van der Waals surface area contributed by atoms with Gasteiger partial charge in [0.1, 0.15) is 11.8 Å². The molecule has 2 atom stereocenters. The number of benzene rings is 2. The van der Waals surface area contributed by atoms with E-state index in [2.05, 4.69) is 16.0 Å². The number of rotatable bonds is 8. The van der Waals surface area contributed by atoms with Crippen LogP contribution in [0.2, 0.25) is 0 Å². The normalized spacial score (nSPS) is 12.8. The third-order valence-corrected chi connectivity index (χ3v) is 4.74. The molecule has 3 amide bonds. The SMILES string of the molecule is COc1ccc(C)cc1C(C)NC(=O)C(NC(=O)NCc1ccccc1)C(C)C. The van der Waals surface area contributed by atoms with E-state index in [0.29, 0.717) is 6.54 Å². The molecule has 2 unspecified atom stereocenters. The molecule has 0 radical (unpaired) electrons. The zero-order chi connectivity index (χ0) is 21.4. The van der Waals surface area contributed by atoms with Gasteiger partial charge >= 0.3 is 6.03 Å². The molecule has 0 fully saturated rings. The Balaban J connectivity index is 1.99. The maximum atomic E-state index is 12.9. The van der Waals surface area contributed by atoms with Crippen molar-refractivity contribution in [2.45, 2.75) is 46.3 Å². The number of nitrogens with one attached hydrogen (secondary N) is 3. The highest BCUT2D eigenvalue weighted by Crippen LogP contribution is 2.26. The predicted molar refractivity (Wildman–Crippen MR) is 115 cm³/mol. The number of hydrogen-bond donors (Lipinski definition) is 3. The minimum atomic E-state index is -0.649. The van der Waals surface area contributed by atoms with Crippen LogP contribution in [-0.2, 0) is 11.3 Å². The Morgan fingerprint density at radius 2 is 1.69 bits per heavy atom. The Morgan fingerprint density at radius 1 is 1.00 bits per heavy atom. The van der Waals surface area contributed by atoms with E-state index >= 15 is 0 Å². The van der Waals surface area contributed by atoms with Crippen molar-refractivity contribution in [3.8, 4) is 5.75 Å². The van der Waals surface area contributed by atoms with Crippen LogP contribution < -0.4 is 20.7 Å². The molecule has 0 heterocycles. The lowest BCUT2D eigenvalue weighted by Crippen LogP contribution is -2.52. The molecule has 29 heavy (non-hydrogen) atoms. The van der Waals surface area contributed by atoms with Gasteiger partial charge in [-0.1, -0.05) is 61.9 Å². The fourth-order valence-electron chi connectivity index (χ4n) is 3.08. The molecule has 6 nitrogen and oxygen atoms in total. The monoisotopic (exact) mass is 397 g/mol. The van der Waals surface area contributed by atoms with Crippen LogP contribution in [0.4, 0.5) is 4.79 Å². The van der Waals surface area contributed by atoms with Gasteiger partial charge < -0.3 is 20.7 Å². The first-order chi connectivity index (χ1) is 13.8.